The maximum atomic E-state index is 11.0. The van der Waals surface area contributed by atoms with E-state index in [1.165, 1.54) is 20.0 Å². The van der Waals surface area contributed by atoms with Gasteiger partial charge in [-0.1, -0.05) is 0 Å². The van der Waals surface area contributed by atoms with Gasteiger partial charge in [-0.2, -0.15) is 0 Å². The van der Waals surface area contributed by atoms with Gasteiger partial charge in [0.2, 0.25) is 0 Å². The Morgan fingerprint density at radius 3 is 2.50 bits per heavy atom. The van der Waals surface area contributed by atoms with E-state index in [2.05, 4.69) is 10.1 Å². The molecular weight excluding hydrogens is 154 g/mol. The third kappa shape index (κ3) is 0.648. The number of nitrogens with one attached hydrogen (secondary N) is 1. The van der Waals surface area contributed by atoms with Crippen molar-refractivity contribution in [3.05, 3.63) is 0 Å². The van der Waals surface area contributed by atoms with Gasteiger partial charge < -0.3 is 10.1 Å². The number of carbonyl (C=O) groups is 1. The zero-order valence-corrected chi connectivity index (χ0v) is 7.12. The standard InChI is InChI=1S/C9H13NO2/c1-12-9(11)10-8-4-2-5-6(3-4)7(5)8/h4-8H,2-3H2,1H3,(H,10,11). The van der Waals surface area contributed by atoms with Crippen LogP contribution in [0.4, 0.5) is 4.79 Å². The molecule has 12 heavy (non-hydrogen) atoms. The van der Waals surface area contributed by atoms with Crippen molar-refractivity contribution in [2.45, 2.75) is 18.9 Å². The lowest BCUT2D eigenvalue weighted by molar-refractivity contribution is 0.163. The van der Waals surface area contributed by atoms with Crippen LogP contribution in [-0.4, -0.2) is 19.2 Å². The first-order chi connectivity index (χ1) is 5.81. The fourth-order valence-corrected chi connectivity index (χ4v) is 3.48. The summed E-state index contributed by atoms with van der Waals surface area (Å²) in [6.07, 6.45) is 2.45. The summed E-state index contributed by atoms with van der Waals surface area (Å²) in [6.45, 7) is 0. The molecule has 3 atom stereocenters. The average Bonchev–Trinajstić information content (AvgIpc) is 2.52. The number of hydrogen-bond donors (Lipinski definition) is 1. The van der Waals surface area contributed by atoms with Crippen molar-refractivity contribution in [2.24, 2.45) is 23.7 Å². The molecule has 0 saturated heterocycles. The van der Waals surface area contributed by atoms with Crippen molar-refractivity contribution in [3.63, 3.8) is 0 Å². The first-order valence-corrected chi connectivity index (χ1v) is 4.65. The van der Waals surface area contributed by atoms with Crippen molar-refractivity contribution < 1.29 is 9.53 Å². The maximum absolute atomic E-state index is 11.0. The Hall–Kier alpha value is -0.730. The van der Waals surface area contributed by atoms with Gasteiger partial charge in [-0.15, -0.1) is 0 Å². The minimum absolute atomic E-state index is 0.252. The summed E-state index contributed by atoms with van der Waals surface area (Å²) in [5.74, 6) is 3.49. The summed E-state index contributed by atoms with van der Waals surface area (Å²) in [6, 6.07) is 0.451. The lowest BCUT2D eigenvalue weighted by Crippen LogP contribution is -2.37. The summed E-state index contributed by atoms with van der Waals surface area (Å²) in [5.41, 5.74) is 0. The van der Waals surface area contributed by atoms with E-state index in [0.717, 1.165) is 23.7 Å². The topological polar surface area (TPSA) is 38.3 Å². The molecule has 4 aliphatic carbocycles. The molecule has 0 aromatic rings. The highest BCUT2D eigenvalue weighted by Gasteiger charge is 2.68. The summed E-state index contributed by atoms with van der Waals surface area (Å²) in [7, 11) is 1.43. The highest BCUT2D eigenvalue weighted by atomic mass is 16.5. The van der Waals surface area contributed by atoms with E-state index in [1.54, 1.807) is 0 Å². The minimum atomic E-state index is -0.252. The number of carbonyl (C=O) groups excluding carboxylic acids is 1. The second-order valence-corrected chi connectivity index (χ2v) is 4.30. The van der Waals surface area contributed by atoms with E-state index < -0.39 is 0 Å². The first kappa shape index (κ1) is 6.75. The fourth-order valence-electron chi connectivity index (χ4n) is 3.48. The van der Waals surface area contributed by atoms with E-state index in [0.29, 0.717) is 6.04 Å². The van der Waals surface area contributed by atoms with Gasteiger partial charge in [0.25, 0.3) is 0 Å². The van der Waals surface area contributed by atoms with E-state index in [9.17, 15) is 4.79 Å². The van der Waals surface area contributed by atoms with Crippen molar-refractivity contribution in [1.29, 1.82) is 0 Å². The Labute approximate surface area is 71.5 Å². The Morgan fingerprint density at radius 1 is 1.42 bits per heavy atom. The van der Waals surface area contributed by atoms with Gasteiger partial charge in [0.05, 0.1) is 7.11 Å². The molecule has 0 aromatic carbocycles. The monoisotopic (exact) mass is 167 g/mol. The molecule has 0 heterocycles. The first-order valence-electron chi connectivity index (χ1n) is 4.65. The number of methoxy groups -OCH3 is 1. The molecule has 3 nitrogen and oxygen atoms in total. The zero-order valence-electron chi connectivity index (χ0n) is 7.12. The second kappa shape index (κ2) is 1.95. The zero-order chi connectivity index (χ0) is 8.29. The third-order valence-corrected chi connectivity index (χ3v) is 3.94. The molecule has 4 rings (SSSR count). The summed E-state index contributed by atoms with van der Waals surface area (Å²) >= 11 is 0. The Balaban J connectivity index is 1.69. The molecule has 4 aliphatic rings. The van der Waals surface area contributed by atoms with Crippen molar-refractivity contribution >= 4 is 6.09 Å². The average molecular weight is 167 g/mol. The SMILES string of the molecule is COC(=O)NC1C2CC3C(C2)C31. The molecule has 0 spiro atoms. The smallest absolute Gasteiger partial charge is 0.407 e. The van der Waals surface area contributed by atoms with Crippen LogP contribution in [0.1, 0.15) is 12.8 Å². The Morgan fingerprint density at radius 2 is 2.08 bits per heavy atom. The summed E-state index contributed by atoms with van der Waals surface area (Å²) < 4.78 is 4.60. The lowest BCUT2D eigenvalue weighted by atomic mass is 10.1. The van der Waals surface area contributed by atoms with Crippen molar-refractivity contribution in [3.8, 4) is 0 Å². The molecule has 4 bridgehead atoms. The molecule has 0 radical (unpaired) electrons. The largest absolute Gasteiger partial charge is 0.453 e. The third-order valence-electron chi connectivity index (χ3n) is 3.94. The van der Waals surface area contributed by atoms with Gasteiger partial charge >= 0.3 is 6.09 Å². The Kier molecular flexibility index (Phi) is 1.10. The highest BCUT2D eigenvalue weighted by molar-refractivity contribution is 5.67. The fraction of sp³-hybridized carbons (Fsp3) is 0.889. The number of alkyl carbamates (subject to hydrolysis) is 1. The molecule has 3 unspecified atom stereocenters. The highest BCUT2D eigenvalue weighted by Crippen LogP contribution is 2.70. The van der Waals surface area contributed by atoms with Gasteiger partial charge in [-0.3, -0.25) is 0 Å². The quantitative estimate of drug-likeness (QED) is 0.632. The molecule has 4 saturated carbocycles. The molecule has 1 N–H and O–H groups in total. The number of ether oxygens (including phenoxy) is 1. The minimum Gasteiger partial charge on any atom is -0.453 e. The molecule has 4 fully saturated rings. The molecule has 66 valence electrons. The molecular formula is C9H13NO2. The van der Waals surface area contributed by atoms with Gasteiger partial charge in [0.15, 0.2) is 0 Å². The van der Waals surface area contributed by atoms with Crippen LogP contribution in [0.25, 0.3) is 0 Å². The second-order valence-electron chi connectivity index (χ2n) is 4.30. The molecule has 3 heteroatoms. The van der Waals surface area contributed by atoms with Crippen LogP contribution >= 0.6 is 0 Å². The van der Waals surface area contributed by atoms with Gasteiger partial charge in [0, 0.05) is 6.04 Å². The molecule has 1 amide bonds. The van der Waals surface area contributed by atoms with Crippen LogP contribution in [-0.2, 0) is 4.74 Å². The van der Waals surface area contributed by atoms with E-state index in [1.807, 2.05) is 0 Å². The van der Waals surface area contributed by atoms with Crippen LogP contribution in [0.3, 0.4) is 0 Å². The van der Waals surface area contributed by atoms with E-state index in [-0.39, 0.29) is 6.09 Å². The molecule has 0 aromatic heterocycles. The summed E-state index contributed by atoms with van der Waals surface area (Å²) in [4.78, 5) is 11.0. The van der Waals surface area contributed by atoms with Crippen LogP contribution in [0.15, 0.2) is 0 Å². The summed E-state index contributed by atoms with van der Waals surface area (Å²) in [5, 5.41) is 2.95. The number of hydrogen-bond acceptors (Lipinski definition) is 2. The van der Waals surface area contributed by atoms with Crippen LogP contribution in [0, 0.1) is 23.7 Å². The van der Waals surface area contributed by atoms with Crippen molar-refractivity contribution in [1.82, 2.24) is 5.32 Å². The van der Waals surface area contributed by atoms with Crippen LogP contribution in [0.2, 0.25) is 0 Å². The predicted octanol–water partition coefficient (Wildman–Crippen LogP) is 0.997. The number of amides is 1. The van der Waals surface area contributed by atoms with Gasteiger partial charge in [-0.05, 0) is 36.5 Å². The lowest BCUT2D eigenvalue weighted by Gasteiger charge is -2.15. The Bertz CT molecular complexity index is 227. The van der Waals surface area contributed by atoms with Gasteiger partial charge in [-0.25, -0.2) is 4.79 Å². The van der Waals surface area contributed by atoms with E-state index in [4.69, 9.17) is 0 Å². The normalized spacial score (nSPS) is 52.2. The van der Waals surface area contributed by atoms with Crippen molar-refractivity contribution in [2.75, 3.05) is 7.11 Å². The van der Waals surface area contributed by atoms with Crippen LogP contribution in [0.5, 0.6) is 0 Å². The molecule has 0 aliphatic heterocycles. The van der Waals surface area contributed by atoms with Crippen LogP contribution < -0.4 is 5.32 Å². The maximum Gasteiger partial charge on any atom is 0.407 e. The number of rotatable bonds is 1. The van der Waals surface area contributed by atoms with Gasteiger partial charge in [0.1, 0.15) is 0 Å². The predicted molar refractivity (Wildman–Crippen MR) is 42.5 cm³/mol. The van der Waals surface area contributed by atoms with E-state index >= 15 is 0 Å².